The molecule has 0 amide bonds. The zero-order valence-electron chi connectivity index (χ0n) is 3.81. The van der Waals surface area contributed by atoms with Crippen molar-refractivity contribution in [3.05, 3.63) is 22.0 Å². The van der Waals surface area contributed by atoms with Crippen molar-refractivity contribution in [2.24, 2.45) is 0 Å². The Morgan fingerprint density at radius 3 is 2.62 bits per heavy atom. The molecule has 0 aliphatic carbocycles. The standard InChI is InChI=1S/C4H2FIN2/c5-3-1-7-2-4(6)8-3/h1-2H. The topological polar surface area (TPSA) is 25.8 Å². The molecule has 1 heterocycles. The zero-order chi connectivity index (χ0) is 5.98. The quantitative estimate of drug-likeness (QED) is 0.619. The van der Waals surface area contributed by atoms with Crippen LogP contribution in [0.15, 0.2) is 12.4 Å². The Kier molecular flexibility index (Phi) is 1.72. The zero-order valence-corrected chi connectivity index (χ0v) is 5.96. The Morgan fingerprint density at radius 1 is 1.50 bits per heavy atom. The first-order chi connectivity index (χ1) is 3.79. The molecule has 1 aromatic heterocycles. The van der Waals surface area contributed by atoms with E-state index >= 15 is 0 Å². The van der Waals surface area contributed by atoms with Crippen LogP contribution in [0.1, 0.15) is 0 Å². The summed E-state index contributed by atoms with van der Waals surface area (Å²) in [5.74, 6) is -0.531. The molecular weight excluding hydrogens is 222 g/mol. The Morgan fingerprint density at radius 2 is 2.25 bits per heavy atom. The first kappa shape index (κ1) is 5.87. The molecule has 0 N–H and O–H groups in total. The summed E-state index contributed by atoms with van der Waals surface area (Å²) >= 11 is 1.89. The lowest BCUT2D eigenvalue weighted by Gasteiger charge is -1.84. The summed E-state index contributed by atoms with van der Waals surface area (Å²) in [6.45, 7) is 0. The number of rotatable bonds is 0. The third-order valence-electron chi connectivity index (χ3n) is 0.576. The van der Waals surface area contributed by atoms with Crippen LogP contribution in [0.25, 0.3) is 0 Å². The largest absolute Gasteiger partial charge is 0.257 e. The van der Waals surface area contributed by atoms with Crippen molar-refractivity contribution in [3.63, 3.8) is 0 Å². The lowest BCUT2D eigenvalue weighted by atomic mass is 10.8. The van der Waals surface area contributed by atoms with Gasteiger partial charge in [0.15, 0.2) is 0 Å². The number of halogens is 2. The second-order valence-electron chi connectivity index (χ2n) is 1.16. The maximum absolute atomic E-state index is 12.0. The van der Waals surface area contributed by atoms with Crippen molar-refractivity contribution >= 4 is 22.6 Å². The summed E-state index contributed by atoms with van der Waals surface area (Å²) in [6.07, 6.45) is 2.56. The summed E-state index contributed by atoms with van der Waals surface area (Å²) in [7, 11) is 0. The minimum absolute atomic E-state index is 0.531. The molecule has 0 aromatic carbocycles. The fourth-order valence-electron chi connectivity index (χ4n) is 0.320. The predicted molar refractivity (Wildman–Crippen MR) is 34.7 cm³/mol. The van der Waals surface area contributed by atoms with Crippen molar-refractivity contribution in [2.75, 3.05) is 0 Å². The number of hydrogen-bond acceptors (Lipinski definition) is 2. The molecule has 8 heavy (non-hydrogen) atoms. The molecule has 0 saturated carbocycles. The van der Waals surface area contributed by atoms with Crippen molar-refractivity contribution < 1.29 is 4.39 Å². The highest BCUT2D eigenvalue weighted by molar-refractivity contribution is 14.1. The van der Waals surface area contributed by atoms with Gasteiger partial charge in [0, 0.05) is 0 Å². The SMILES string of the molecule is Fc1cncc(I)n1. The summed E-state index contributed by atoms with van der Waals surface area (Å²) in [4.78, 5) is 6.97. The number of hydrogen-bond donors (Lipinski definition) is 0. The Balaban J connectivity index is 3.08. The molecule has 0 saturated heterocycles. The van der Waals surface area contributed by atoms with Crippen LogP contribution in [0, 0.1) is 9.65 Å². The van der Waals surface area contributed by atoms with Gasteiger partial charge in [0.1, 0.15) is 3.70 Å². The maximum atomic E-state index is 12.0. The minimum atomic E-state index is -0.531. The average molecular weight is 224 g/mol. The van der Waals surface area contributed by atoms with Crippen LogP contribution < -0.4 is 0 Å². The lowest BCUT2D eigenvalue weighted by molar-refractivity contribution is 0.573. The monoisotopic (exact) mass is 224 g/mol. The molecule has 0 atom stereocenters. The highest BCUT2D eigenvalue weighted by Gasteiger charge is 1.89. The third-order valence-corrected chi connectivity index (χ3v) is 1.10. The van der Waals surface area contributed by atoms with Crippen molar-refractivity contribution in [1.82, 2.24) is 9.97 Å². The molecule has 0 bridgehead atoms. The summed E-state index contributed by atoms with van der Waals surface area (Å²) in [6, 6.07) is 0. The van der Waals surface area contributed by atoms with Crippen molar-refractivity contribution in [3.8, 4) is 0 Å². The predicted octanol–water partition coefficient (Wildman–Crippen LogP) is 1.22. The number of nitrogens with zero attached hydrogens (tertiary/aromatic N) is 2. The molecule has 2 nitrogen and oxygen atoms in total. The van der Waals surface area contributed by atoms with E-state index in [1.165, 1.54) is 6.20 Å². The van der Waals surface area contributed by atoms with E-state index in [9.17, 15) is 4.39 Å². The van der Waals surface area contributed by atoms with E-state index in [4.69, 9.17) is 0 Å². The molecule has 0 spiro atoms. The second-order valence-corrected chi connectivity index (χ2v) is 2.27. The normalized spacial score (nSPS) is 9.25. The van der Waals surface area contributed by atoms with Gasteiger partial charge in [-0.25, -0.2) is 4.98 Å². The van der Waals surface area contributed by atoms with Gasteiger partial charge in [-0.05, 0) is 22.6 Å². The molecule has 0 unspecified atom stereocenters. The Bertz CT molecular complexity index is 174. The molecular formula is C4H2FIN2. The van der Waals surface area contributed by atoms with Crippen LogP contribution in [-0.2, 0) is 0 Å². The van der Waals surface area contributed by atoms with Gasteiger partial charge in [-0.2, -0.15) is 4.39 Å². The highest BCUT2D eigenvalue weighted by Crippen LogP contribution is 1.96. The fraction of sp³-hybridized carbons (Fsp3) is 0. The van der Waals surface area contributed by atoms with Crippen LogP contribution in [-0.4, -0.2) is 9.97 Å². The Hall–Kier alpha value is -0.260. The van der Waals surface area contributed by atoms with E-state index in [1.807, 2.05) is 22.6 Å². The molecule has 42 valence electrons. The molecule has 0 aliphatic heterocycles. The minimum Gasteiger partial charge on any atom is -0.257 e. The third kappa shape index (κ3) is 1.36. The van der Waals surface area contributed by atoms with E-state index in [-0.39, 0.29) is 0 Å². The summed E-state index contributed by atoms with van der Waals surface area (Å²) < 4.78 is 12.6. The van der Waals surface area contributed by atoms with Gasteiger partial charge < -0.3 is 0 Å². The van der Waals surface area contributed by atoms with Gasteiger partial charge >= 0.3 is 0 Å². The van der Waals surface area contributed by atoms with E-state index < -0.39 is 5.95 Å². The van der Waals surface area contributed by atoms with Gasteiger partial charge in [-0.3, -0.25) is 4.98 Å². The van der Waals surface area contributed by atoms with Gasteiger partial charge in [0.2, 0.25) is 5.95 Å². The van der Waals surface area contributed by atoms with Crippen LogP contribution in [0.4, 0.5) is 4.39 Å². The first-order valence-corrected chi connectivity index (χ1v) is 3.00. The molecule has 0 aliphatic rings. The maximum Gasteiger partial charge on any atom is 0.232 e. The van der Waals surface area contributed by atoms with E-state index in [0.29, 0.717) is 3.70 Å². The van der Waals surface area contributed by atoms with Crippen LogP contribution in [0.5, 0.6) is 0 Å². The molecule has 0 radical (unpaired) electrons. The van der Waals surface area contributed by atoms with Crippen molar-refractivity contribution in [2.45, 2.75) is 0 Å². The second kappa shape index (κ2) is 2.34. The van der Waals surface area contributed by atoms with E-state index in [0.717, 1.165) is 6.20 Å². The lowest BCUT2D eigenvalue weighted by Crippen LogP contribution is -1.85. The molecule has 1 rings (SSSR count). The molecule has 4 heteroatoms. The smallest absolute Gasteiger partial charge is 0.232 e. The van der Waals surface area contributed by atoms with Gasteiger partial charge in [0.05, 0.1) is 12.4 Å². The molecule has 1 aromatic rings. The summed E-state index contributed by atoms with van der Waals surface area (Å²) in [5.41, 5.74) is 0. The fourth-order valence-corrected chi connectivity index (χ4v) is 0.711. The first-order valence-electron chi connectivity index (χ1n) is 1.92. The van der Waals surface area contributed by atoms with Gasteiger partial charge in [0.25, 0.3) is 0 Å². The van der Waals surface area contributed by atoms with Gasteiger partial charge in [-0.1, -0.05) is 0 Å². The van der Waals surface area contributed by atoms with Crippen LogP contribution in [0.3, 0.4) is 0 Å². The Labute approximate surface area is 59.3 Å². The van der Waals surface area contributed by atoms with Gasteiger partial charge in [-0.15, -0.1) is 0 Å². The van der Waals surface area contributed by atoms with E-state index in [1.54, 1.807) is 0 Å². The van der Waals surface area contributed by atoms with Crippen LogP contribution in [0.2, 0.25) is 0 Å². The number of aromatic nitrogens is 2. The average Bonchev–Trinajstić information content (AvgIpc) is 1.64. The summed E-state index contributed by atoms with van der Waals surface area (Å²) in [5, 5.41) is 0. The highest BCUT2D eigenvalue weighted by atomic mass is 127. The van der Waals surface area contributed by atoms with Crippen LogP contribution >= 0.6 is 22.6 Å². The molecule has 0 fully saturated rings. The van der Waals surface area contributed by atoms with Crippen molar-refractivity contribution in [1.29, 1.82) is 0 Å². The van der Waals surface area contributed by atoms with E-state index in [2.05, 4.69) is 9.97 Å².